The molecule has 0 bridgehead atoms. The monoisotopic (exact) mass is 619 g/mol. The number of carbonyl (C=O) groups excluding carboxylic acids is 1. The molecule has 0 aromatic heterocycles. The van der Waals surface area contributed by atoms with E-state index < -0.39 is 14.4 Å². The maximum Gasteiger partial charge on any atom is 0.407 e. The lowest BCUT2D eigenvalue weighted by atomic mass is 10.2. The van der Waals surface area contributed by atoms with Crippen LogP contribution in [-0.4, -0.2) is 133 Å². The van der Waals surface area contributed by atoms with E-state index in [1.807, 2.05) is 30.3 Å². The van der Waals surface area contributed by atoms with E-state index in [0.29, 0.717) is 119 Å². The molecule has 0 fully saturated rings. The Kier molecular flexibility index (Phi) is 25.7. The summed E-state index contributed by atoms with van der Waals surface area (Å²) in [5.74, 6) is 0. The first kappa shape index (κ1) is 38.4. The van der Waals surface area contributed by atoms with Gasteiger partial charge in [-0.2, -0.15) is 0 Å². The molecule has 1 amide bonds. The van der Waals surface area contributed by atoms with Crippen molar-refractivity contribution < 1.29 is 51.9 Å². The van der Waals surface area contributed by atoms with Crippen LogP contribution in [-0.2, 0) is 53.7 Å². The topological polar surface area (TPSA) is 121 Å². The van der Waals surface area contributed by atoms with Crippen LogP contribution < -0.4 is 5.32 Å². The molecule has 0 saturated heterocycles. The van der Waals surface area contributed by atoms with Gasteiger partial charge in [-0.15, -0.1) is 0 Å². The van der Waals surface area contributed by atoms with E-state index in [4.69, 9.17) is 47.1 Å². The Hall–Kier alpha value is -1.65. The molecular weight excluding hydrogens is 566 g/mol. The Morgan fingerprint density at radius 2 is 0.905 bits per heavy atom. The Morgan fingerprint density at radius 1 is 0.548 bits per heavy atom. The number of benzene rings is 1. The fraction of sp³-hybridized carbons (Fsp3) is 0.759. The molecule has 1 N–H and O–H groups in total. The number of alkyl carbamates (subject to hydrolysis) is 1. The molecule has 0 radical (unpaired) electrons. The van der Waals surface area contributed by atoms with E-state index in [0.717, 1.165) is 5.56 Å². The largest absolute Gasteiger partial charge is 0.445 e. The van der Waals surface area contributed by atoms with Crippen molar-refractivity contribution in [1.29, 1.82) is 0 Å². The Labute approximate surface area is 252 Å². The van der Waals surface area contributed by atoms with Crippen LogP contribution in [0.15, 0.2) is 30.3 Å². The minimum absolute atomic E-state index is 0.241. The molecule has 0 unspecified atom stereocenters. The van der Waals surface area contributed by atoms with E-state index in [1.54, 1.807) is 0 Å². The summed E-state index contributed by atoms with van der Waals surface area (Å²) >= 11 is 0. The summed E-state index contributed by atoms with van der Waals surface area (Å²) in [5.41, 5.74) is 0.941. The SMILES string of the molecule is C[Si](C)(C)OCCOCCOCCOCCOCCOCCOCCOCCOCCNC(=O)OCc1ccccc1. The molecule has 1 aromatic carbocycles. The van der Waals surface area contributed by atoms with Crippen LogP contribution >= 0.6 is 0 Å². The fourth-order valence-electron chi connectivity index (χ4n) is 3.05. The van der Waals surface area contributed by atoms with Gasteiger partial charge in [-0.1, -0.05) is 30.3 Å². The van der Waals surface area contributed by atoms with Crippen molar-refractivity contribution in [3.05, 3.63) is 35.9 Å². The second-order valence-corrected chi connectivity index (χ2v) is 14.4. The first-order chi connectivity index (χ1) is 20.5. The zero-order valence-electron chi connectivity index (χ0n) is 25.8. The predicted molar refractivity (Wildman–Crippen MR) is 160 cm³/mol. The van der Waals surface area contributed by atoms with E-state index >= 15 is 0 Å². The number of carbonyl (C=O) groups is 1. The second-order valence-electron chi connectivity index (χ2n) is 9.85. The minimum atomic E-state index is -1.45. The minimum Gasteiger partial charge on any atom is -0.445 e. The summed E-state index contributed by atoms with van der Waals surface area (Å²) in [6.45, 7) is 15.8. The number of hydrogen-bond acceptors (Lipinski definition) is 11. The molecule has 0 aliphatic heterocycles. The lowest BCUT2D eigenvalue weighted by Crippen LogP contribution is -2.28. The summed E-state index contributed by atoms with van der Waals surface area (Å²) in [6, 6.07) is 9.51. The summed E-state index contributed by atoms with van der Waals surface area (Å²) in [6.07, 6.45) is -0.466. The van der Waals surface area contributed by atoms with Crippen LogP contribution in [0.4, 0.5) is 4.79 Å². The Bertz CT molecular complexity index is 725. The maximum atomic E-state index is 11.6. The van der Waals surface area contributed by atoms with Gasteiger partial charge in [0.25, 0.3) is 0 Å². The van der Waals surface area contributed by atoms with Gasteiger partial charge >= 0.3 is 6.09 Å². The normalized spacial score (nSPS) is 11.6. The summed E-state index contributed by atoms with van der Waals surface area (Å²) < 4.78 is 54.5. The quantitative estimate of drug-likeness (QED) is 0.101. The van der Waals surface area contributed by atoms with Gasteiger partial charge in [-0.25, -0.2) is 4.79 Å². The first-order valence-electron chi connectivity index (χ1n) is 14.7. The zero-order valence-corrected chi connectivity index (χ0v) is 26.8. The van der Waals surface area contributed by atoms with Crippen molar-refractivity contribution in [1.82, 2.24) is 5.32 Å². The molecule has 0 heterocycles. The number of ether oxygens (including phenoxy) is 9. The Morgan fingerprint density at radius 3 is 1.29 bits per heavy atom. The van der Waals surface area contributed by atoms with Gasteiger partial charge in [0.2, 0.25) is 0 Å². The third-order valence-corrected chi connectivity index (χ3v) is 6.17. The highest BCUT2D eigenvalue weighted by Gasteiger charge is 2.13. The summed E-state index contributed by atoms with van der Waals surface area (Å²) in [5, 5.41) is 2.64. The van der Waals surface area contributed by atoms with Crippen molar-refractivity contribution in [2.75, 3.05) is 119 Å². The van der Waals surface area contributed by atoms with E-state index in [-0.39, 0.29) is 6.61 Å². The third-order valence-electron chi connectivity index (χ3n) is 5.10. The molecule has 1 aromatic rings. The van der Waals surface area contributed by atoms with Crippen LogP contribution in [0.5, 0.6) is 0 Å². The lowest BCUT2D eigenvalue weighted by molar-refractivity contribution is -0.0236. The van der Waals surface area contributed by atoms with Gasteiger partial charge in [0.1, 0.15) is 6.61 Å². The second kappa shape index (κ2) is 28.1. The Balaban J connectivity index is 1.66. The van der Waals surface area contributed by atoms with Crippen molar-refractivity contribution in [2.24, 2.45) is 0 Å². The molecule has 0 atom stereocenters. The van der Waals surface area contributed by atoms with Gasteiger partial charge in [0, 0.05) is 6.54 Å². The third kappa shape index (κ3) is 28.5. The molecule has 12 nitrogen and oxygen atoms in total. The smallest absolute Gasteiger partial charge is 0.407 e. The fourth-order valence-corrected chi connectivity index (χ4v) is 3.74. The van der Waals surface area contributed by atoms with Crippen LogP contribution in [0.25, 0.3) is 0 Å². The van der Waals surface area contributed by atoms with Crippen molar-refractivity contribution in [2.45, 2.75) is 26.2 Å². The molecule has 244 valence electrons. The highest BCUT2D eigenvalue weighted by Crippen LogP contribution is 2.01. The molecule has 0 aliphatic carbocycles. The summed E-state index contributed by atoms with van der Waals surface area (Å²) in [4.78, 5) is 11.6. The van der Waals surface area contributed by atoms with Crippen molar-refractivity contribution in [3.63, 3.8) is 0 Å². The highest BCUT2D eigenvalue weighted by atomic mass is 28.4. The van der Waals surface area contributed by atoms with Crippen LogP contribution in [0.1, 0.15) is 5.56 Å². The van der Waals surface area contributed by atoms with Crippen LogP contribution in [0, 0.1) is 0 Å². The van der Waals surface area contributed by atoms with Crippen LogP contribution in [0.3, 0.4) is 0 Å². The van der Waals surface area contributed by atoms with Gasteiger partial charge in [-0.3, -0.25) is 0 Å². The number of amides is 1. The molecule has 0 aliphatic rings. The van der Waals surface area contributed by atoms with E-state index in [9.17, 15) is 4.79 Å². The molecule has 13 heteroatoms. The van der Waals surface area contributed by atoms with Gasteiger partial charge in [0.15, 0.2) is 8.32 Å². The van der Waals surface area contributed by atoms with Crippen molar-refractivity contribution >= 4 is 14.4 Å². The predicted octanol–water partition coefficient (Wildman–Crippen LogP) is 2.90. The highest BCUT2D eigenvalue weighted by molar-refractivity contribution is 6.69. The molecule has 1 rings (SSSR count). The molecule has 0 spiro atoms. The molecule has 42 heavy (non-hydrogen) atoms. The average Bonchev–Trinajstić information content (AvgIpc) is 2.97. The molecule has 0 saturated carbocycles. The first-order valence-corrected chi connectivity index (χ1v) is 18.1. The van der Waals surface area contributed by atoms with E-state index in [2.05, 4.69) is 25.0 Å². The number of hydrogen-bond donors (Lipinski definition) is 1. The van der Waals surface area contributed by atoms with Gasteiger partial charge in [0.05, 0.1) is 112 Å². The average molecular weight is 620 g/mol. The standard InChI is InChI=1S/C29H53NO11Si/c1-42(2,3)41-26-25-39-24-23-38-22-21-37-20-19-36-18-17-35-16-15-34-14-13-33-12-11-32-10-9-30-29(31)40-27-28-7-5-4-6-8-28/h4-8H,9-27H2,1-3H3,(H,30,31). The zero-order chi connectivity index (χ0) is 30.4. The van der Waals surface area contributed by atoms with Gasteiger partial charge < -0.3 is 52.4 Å². The number of rotatable bonds is 30. The molecular formula is C29H53NO11Si. The maximum absolute atomic E-state index is 11.6. The van der Waals surface area contributed by atoms with Crippen molar-refractivity contribution in [3.8, 4) is 0 Å². The van der Waals surface area contributed by atoms with Crippen LogP contribution in [0.2, 0.25) is 19.6 Å². The lowest BCUT2D eigenvalue weighted by Gasteiger charge is -2.16. The van der Waals surface area contributed by atoms with E-state index in [1.165, 1.54) is 0 Å². The number of nitrogens with one attached hydrogen (secondary N) is 1. The summed E-state index contributed by atoms with van der Waals surface area (Å²) in [7, 11) is -1.45. The van der Waals surface area contributed by atoms with Gasteiger partial charge in [-0.05, 0) is 25.2 Å².